The predicted molar refractivity (Wildman–Crippen MR) is 114 cm³/mol. The summed E-state index contributed by atoms with van der Waals surface area (Å²) in [7, 11) is 0. The highest BCUT2D eigenvalue weighted by atomic mass is 32.1. The zero-order valence-electron chi connectivity index (χ0n) is 17.2. The van der Waals surface area contributed by atoms with Crippen LogP contribution in [0.3, 0.4) is 0 Å². The summed E-state index contributed by atoms with van der Waals surface area (Å²) in [6.45, 7) is 9.20. The molecule has 0 unspecified atom stereocenters. The monoisotopic (exact) mass is 416 g/mol. The topological polar surface area (TPSA) is 32.8 Å². The quantitative estimate of drug-likeness (QED) is 0.715. The van der Waals surface area contributed by atoms with E-state index in [0.717, 1.165) is 44.0 Å². The molecule has 0 atom stereocenters. The van der Waals surface area contributed by atoms with Crippen LogP contribution in [0.2, 0.25) is 0 Å². The zero-order valence-corrected chi connectivity index (χ0v) is 18.0. The van der Waals surface area contributed by atoms with Crippen LogP contribution in [0.5, 0.6) is 5.06 Å². The molecule has 2 aliphatic rings. The molecule has 1 aromatic carbocycles. The van der Waals surface area contributed by atoms with Gasteiger partial charge in [0.1, 0.15) is 11.9 Å². The molecule has 1 saturated heterocycles. The average Bonchev–Trinajstić information content (AvgIpc) is 3.10. The number of piperidine rings is 1. The average molecular weight is 417 g/mol. The van der Waals surface area contributed by atoms with Crippen LogP contribution in [0, 0.1) is 11.7 Å². The Hall–Kier alpha value is -1.92. The molecule has 1 fully saturated rings. The molecule has 0 saturated carbocycles. The Kier molecular flexibility index (Phi) is 6.20. The van der Waals surface area contributed by atoms with Crippen molar-refractivity contribution in [2.75, 3.05) is 26.2 Å². The fourth-order valence-electron chi connectivity index (χ4n) is 4.19. The lowest BCUT2D eigenvalue weighted by Gasteiger charge is -2.32. The lowest BCUT2D eigenvalue weighted by atomic mass is 10.1. The highest BCUT2D eigenvalue weighted by molar-refractivity contribution is 7.14. The van der Waals surface area contributed by atoms with Crippen LogP contribution in [-0.2, 0) is 13.0 Å². The van der Waals surface area contributed by atoms with E-state index in [1.165, 1.54) is 22.6 Å². The van der Waals surface area contributed by atoms with Crippen LogP contribution >= 0.6 is 11.3 Å². The van der Waals surface area contributed by atoms with Crippen LogP contribution in [0.25, 0.3) is 0 Å². The lowest BCUT2D eigenvalue weighted by molar-refractivity contribution is 0.0737. The van der Waals surface area contributed by atoms with Gasteiger partial charge in [0.15, 0.2) is 5.06 Å². The van der Waals surface area contributed by atoms with Gasteiger partial charge < -0.3 is 14.5 Å². The van der Waals surface area contributed by atoms with Gasteiger partial charge in [-0.1, -0.05) is 13.8 Å². The number of benzene rings is 1. The fraction of sp³-hybridized carbons (Fsp3) is 0.522. The van der Waals surface area contributed by atoms with Gasteiger partial charge in [0, 0.05) is 36.6 Å². The highest BCUT2D eigenvalue weighted by Gasteiger charge is 2.26. The fourth-order valence-corrected chi connectivity index (χ4v) is 5.33. The highest BCUT2D eigenvalue weighted by Crippen LogP contribution is 2.35. The molecule has 0 bridgehead atoms. The first kappa shape index (κ1) is 20.4. The van der Waals surface area contributed by atoms with Gasteiger partial charge >= 0.3 is 0 Å². The molecule has 1 aromatic heterocycles. The number of thiophene rings is 1. The molecule has 0 aliphatic carbocycles. The number of fused-ring (bicyclic) bond motifs is 1. The van der Waals surface area contributed by atoms with Crippen LogP contribution < -0.4 is 4.74 Å². The standard InChI is InChI=1S/C23H29FN2O2S/c1-16(2)14-25-10-8-20(9-11-25)28-22-13-18-7-12-26(15-21(18)29-22)23(27)17-3-5-19(24)6-4-17/h3-6,13,16,20H,7-12,14-15H2,1-2H3. The second-order valence-electron chi connectivity index (χ2n) is 8.51. The van der Waals surface area contributed by atoms with Crippen molar-refractivity contribution >= 4 is 17.2 Å². The second kappa shape index (κ2) is 8.84. The van der Waals surface area contributed by atoms with Crippen molar-refractivity contribution in [2.45, 2.75) is 45.8 Å². The molecule has 156 valence electrons. The molecular formula is C23H29FN2O2S. The van der Waals surface area contributed by atoms with Crippen LogP contribution in [-0.4, -0.2) is 48.0 Å². The first-order chi connectivity index (χ1) is 14.0. The Morgan fingerprint density at radius 2 is 1.93 bits per heavy atom. The van der Waals surface area contributed by atoms with Gasteiger partial charge in [-0.2, -0.15) is 0 Å². The summed E-state index contributed by atoms with van der Waals surface area (Å²) < 4.78 is 19.4. The van der Waals surface area contributed by atoms with E-state index >= 15 is 0 Å². The maximum absolute atomic E-state index is 13.1. The lowest BCUT2D eigenvalue weighted by Crippen LogP contribution is -2.39. The number of likely N-dealkylation sites (tertiary alicyclic amines) is 1. The predicted octanol–water partition coefficient (Wildman–Crippen LogP) is 4.58. The minimum Gasteiger partial charge on any atom is -0.481 e. The Morgan fingerprint density at radius 3 is 2.62 bits per heavy atom. The van der Waals surface area contributed by atoms with Gasteiger partial charge in [-0.15, -0.1) is 11.3 Å². The van der Waals surface area contributed by atoms with E-state index in [1.807, 2.05) is 4.90 Å². The number of ether oxygens (including phenoxy) is 1. The van der Waals surface area contributed by atoms with Crippen molar-refractivity contribution in [1.82, 2.24) is 9.80 Å². The third kappa shape index (κ3) is 4.98. The van der Waals surface area contributed by atoms with Crippen LogP contribution in [0.4, 0.5) is 4.39 Å². The van der Waals surface area contributed by atoms with Gasteiger partial charge in [-0.05, 0) is 61.1 Å². The summed E-state index contributed by atoms with van der Waals surface area (Å²) in [4.78, 5) is 18.3. The zero-order chi connectivity index (χ0) is 20.4. The molecular weight excluding hydrogens is 387 g/mol. The molecule has 29 heavy (non-hydrogen) atoms. The van der Waals surface area contributed by atoms with E-state index in [-0.39, 0.29) is 17.8 Å². The Bertz CT molecular complexity index is 841. The maximum Gasteiger partial charge on any atom is 0.254 e. The van der Waals surface area contributed by atoms with Crippen molar-refractivity contribution in [2.24, 2.45) is 5.92 Å². The summed E-state index contributed by atoms with van der Waals surface area (Å²) in [5.41, 5.74) is 1.83. The number of amides is 1. The van der Waals surface area contributed by atoms with Crippen molar-refractivity contribution < 1.29 is 13.9 Å². The maximum atomic E-state index is 13.1. The van der Waals surface area contributed by atoms with E-state index in [4.69, 9.17) is 4.74 Å². The van der Waals surface area contributed by atoms with E-state index in [2.05, 4.69) is 24.8 Å². The minimum absolute atomic E-state index is 0.0379. The third-order valence-corrected chi connectivity index (χ3v) is 6.73. The van der Waals surface area contributed by atoms with Crippen LogP contribution in [0.1, 0.15) is 47.5 Å². The third-order valence-electron chi connectivity index (χ3n) is 5.68. The first-order valence-corrected chi connectivity index (χ1v) is 11.3. The molecule has 0 radical (unpaired) electrons. The molecule has 0 spiro atoms. The van der Waals surface area contributed by atoms with E-state index < -0.39 is 0 Å². The number of carbonyl (C=O) groups is 1. The van der Waals surface area contributed by atoms with Gasteiger partial charge in [0.05, 0.1) is 6.54 Å². The Balaban J connectivity index is 1.34. The molecule has 0 N–H and O–H groups in total. The number of rotatable bonds is 5. The Morgan fingerprint density at radius 1 is 1.21 bits per heavy atom. The van der Waals surface area contributed by atoms with Crippen molar-refractivity contribution in [3.8, 4) is 5.06 Å². The smallest absolute Gasteiger partial charge is 0.254 e. The normalized spacial score (nSPS) is 18.1. The molecule has 6 heteroatoms. The van der Waals surface area contributed by atoms with Gasteiger partial charge in [0.2, 0.25) is 0 Å². The minimum atomic E-state index is -0.322. The van der Waals surface area contributed by atoms with Crippen molar-refractivity contribution in [3.05, 3.63) is 52.2 Å². The molecule has 2 aromatic rings. The van der Waals surface area contributed by atoms with E-state index in [1.54, 1.807) is 23.5 Å². The number of nitrogens with zero attached hydrogens (tertiary/aromatic N) is 2. The summed E-state index contributed by atoms with van der Waals surface area (Å²) >= 11 is 1.67. The second-order valence-corrected chi connectivity index (χ2v) is 9.61. The largest absolute Gasteiger partial charge is 0.481 e. The van der Waals surface area contributed by atoms with Crippen molar-refractivity contribution in [3.63, 3.8) is 0 Å². The SMILES string of the molecule is CC(C)CN1CCC(Oc2cc3c(s2)CN(C(=O)c2ccc(F)cc2)CC3)CC1. The Labute approximate surface area is 176 Å². The molecule has 4 nitrogen and oxygen atoms in total. The molecule has 3 heterocycles. The number of hydrogen-bond acceptors (Lipinski definition) is 4. The summed E-state index contributed by atoms with van der Waals surface area (Å²) in [6.07, 6.45) is 3.28. The van der Waals surface area contributed by atoms with Gasteiger partial charge in [0.25, 0.3) is 5.91 Å². The molecule has 2 aliphatic heterocycles. The summed E-state index contributed by atoms with van der Waals surface area (Å²) in [5, 5.41) is 0.980. The number of hydrogen-bond donors (Lipinski definition) is 0. The van der Waals surface area contributed by atoms with Gasteiger partial charge in [-0.25, -0.2) is 4.39 Å². The van der Waals surface area contributed by atoms with Crippen LogP contribution in [0.15, 0.2) is 30.3 Å². The van der Waals surface area contributed by atoms with Gasteiger partial charge in [-0.3, -0.25) is 4.79 Å². The first-order valence-electron chi connectivity index (χ1n) is 10.5. The number of halogens is 1. The number of carbonyl (C=O) groups excluding carboxylic acids is 1. The van der Waals surface area contributed by atoms with Crippen molar-refractivity contribution in [1.29, 1.82) is 0 Å². The van der Waals surface area contributed by atoms with E-state index in [9.17, 15) is 9.18 Å². The summed E-state index contributed by atoms with van der Waals surface area (Å²) in [6, 6.07) is 7.96. The van der Waals surface area contributed by atoms with E-state index in [0.29, 0.717) is 24.6 Å². The molecule has 1 amide bonds. The molecule has 4 rings (SSSR count). The summed E-state index contributed by atoms with van der Waals surface area (Å²) in [5.74, 6) is 0.346.